The van der Waals surface area contributed by atoms with E-state index < -0.39 is 0 Å². The molecule has 0 bridgehead atoms. The van der Waals surface area contributed by atoms with Crippen LogP contribution in [0, 0.1) is 11.8 Å². The summed E-state index contributed by atoms with van der Waals surface area (Å²) in [4.78, 5) is 46.0. The Morgan fingerprint density at radius 3 is 2.26 bits per heavy atom. The van der Waals surface area contributed by atoms with Crippen LogP contribution in [0.15, 0.2) is 24.3 Å². The zero-order valence-electron chi connectivity index (χ0n) is 18.8. The number of nitrogens with zero attached hydrogens (tertiary/aromatic N) is 4. The van der Waals surface area contributed by atoms with Gasteiger partial charge in [0.15, 0.2) is 0 Å². The molecule has 3 aliphatic heterocycles. The minimum atomic E-state index is -0.0278. The Balaban J connectivity index is 1.34. The van der Waals surface area contributed by atoms with Crippen molar-refractivity contribution in [3.8, 4) is 0 Å². The van der Waals surface area contributed by atoms with Crippen LogP contribution >= 0.6 is 0 Å². The molecule has 4 rings (SSSR count). The van der Waals surface area contributed by atoms with Crippen molar-refractivity contribution in [3.63, 3.8) is 0 Å². The molecular weight excluding hydrogens is 392 g/mol. The number of anilines is 1. The summed E-state index contributed by atoms with van der Waals surface area (Å²) in [5.74, 6) is 1.38. The second-order valence-corrected chi connectivity index (χ2v) is 9.48. The lowest BCUT2D eigenvalue weighted by Gasteiger charge is -2.38. The average Bonchev–Trinajstić information content (AvgIpc) is 3.19. The van der Waals surface area contributed by atoms with Crippen LogP contribution in [0.1, 0.15) is 43.5 Å². The Labute approximate surface area is 185 Å². The maximum Gasteiger partial charge on any atom is 0.256 e. The first-order chi connectivity index (χ1) is 14.9. The number of likely N-dealkylation sites (tertiary alicyclic amines) is 1. The predicted octanol–water partition coefficient (Wildman–Crippen LogP) is 2.08. The molecule has 31 heavy (non-hydrogen) atoms. The number of benzene rings is 1. The van der Waals surface area contributed by atoms with Crippen molar-refractivity contribution in [2.45, 2.75) is 33.1 Å². The van der Waals surface area contributed by atoms with Crippen molar-refractivity contribution in [3.05, 3.63) is 29.8 Å². The number of piperazine rings is 1. The number of rotatable bonds is 4. The van der Waals surface area contributed by atoms with Crippen molar-refractivity contribution in [2.75, 3.05) is 57.3 Å². The van der Waals surface area contributed by atoms with Gasteiger partial charge in [-0.2, -0.15) is 0 Å². The van der Waals surface area contributed by atoms with Gasteiger partial charge in [-0.25, -0.2) is 0 Å². The number of carbonyl (C=O) groups excluding carboxylic acids is 3. The number of hydrogen-bond donors (Lipinski definition) is 0. The third-order valence-corrected chi connectivity index (χ3v) is 6.74. The summed E-state index contributed by atoms with van der Waals surface area (Å²) in [7, 11) is 0. The van der Waals surface area contributed by atoms with Gasteiger partial charge in [0.2, 0.25) is 11.8 Å². The summed E-state index contributed by atoms with van der Waals surface area (Å²) in [6.07, 6.45) is 2.57. The Morgan fingerprint density at radius 2 is 1.61 bits per heavy atom. The number of para-hydroxylation sites is 1. The van der Waals surface area contributed by atoms with Gasteiger partial charge in [-0.15, -0.1) is 0 Å². The van der Waals surface area contributed by atoms with Crippen LogP contribution in [0.4, 0.5) is 5.69 Å². The van der Waals surface area contributed by atoms with Crippen LogP contribution in [0.2, 0.25) is 0 Å². The number of hydrogen-bond acceptors (Lipinski definition) is 4. The highest BCUT2D eigenvalue weighted by atomic mass is 16.2. The van der Waals surface area contributed by atoms with Gasteiger partial charge in [-0.3, -0.25) is 19.3 Å². The molecule has 0 saturated carbocycles. The molecule has 3 amide bonds. The second-order valence-electron chi connectivity index (χ2n) is 9.48. The highest BCUT2D eigenvalue weighted by molar-refractivity contribution is 6.05. The fourth-order valence-electron chi connectivity index (χ4n) is 5.23. The van der Waals surface area contributed by atoms with Gasteiger partial charge < -0.3 is 14.7 Å². The van der Waals surface area contributed by atoms with Gasteiger partial charge in [0, 0.05) is 52.2 Å². The van der Waals surface area contributed by atoms with Crippen molar-refractivity contribution in [2.24, 2.45) is 11.8 Å². The first-order valence-corrected chi connectivity index (χ1v) is 11.6. The van der Waals surface area contributed by atoms with Gasteiger partial charge in [0.05, 0.1) is 17.8 Å². The molecule has 3 saturated heterocycles. The average molecular weight is 427 g/mol. The van der Waals surface area contributed by atoms with Crippen LogP contribution in [0.3, 0.4) is 0 Å². The zero-order valence-corrected chi connectivity index (χ0v) is 18.8. The third-order valence-electron chi connectivity index (χ3n) is 6.74. The Bertz CT molecular complexity index is 824. The SMILES string of the molecule is CC1CC(C)CN(C(=O)CN2CCN(C(=O)c3ccccc3N3CCCC3=O)CC2)C1. The van der Waals surface area contributed by atoms with E-state index in [2.05, 4.69) is 18.7 Å². The fourth-order valence-corrected chi connectivity index (χ4v) is 5.23. The lowest BCUT2D eigenvalue weighted by molar-refractivity contribution is -0.135. The van der Waals surface area contributed by atoms with Gasteiger partial charge in [-0.1, -0.05) is 26.0 Å². The van der Waals surface area contributed by atoms with Crippen molar-refractivity contribution >= 4 is 23.4 Å². The molecule has 2 unspecified atom stereocenters. The maximum absolute atomic E-state index is 13.2. The van der Waals surface area contributed by atoms with Crippen molar-refractivity contribution in [1.82, 2.24) is 14.7 Å². The molecule has 1 aromatic rings. The molecule has 168 valence electrons. The fraction of sp³-hybridized carbons (Fsp3) is 0.625. The molecule has 3 aliphatic rings. The van der Waals surface area contributed by atoms with Gasteiger partial charge in [-0.05, 0) is 36.8 Å². The maximum atomic E-state index is 13.2. The van der Waals surface area contributed by atoms with E-state index in [-0.39, 0.29) is 17.7 Å². The summed E-state index contributed by atoms with van der Waals surface area (Å²) in [6, 6.07) is 7.42. The summed E-state index contributed by atoms with van der Waals surface area (Å²) >= 11 is 0. The van der Waals surface area contributed by atoms with Gasteiger partial charge in [0.1, 0.15) is 0 Å². The van der Waals surface area contributed by atoms with E-state index in [1.807, 2.05) is 34.1 Å². The normalized spacial score (nSPS) is 25.2. The quantitative estimate of drug-likeness (QED) is 0.740. The lowest BCUT2D eigenvalue weighted by atomic mass is 9.92. The molecule has 1 aromatic carbocycles. The largest absolute Gasteiger partial charge is 0.341 e. The summed E-state index contributed by atoms with van der Waals surface area (Å²) in [5.41, 5.74) is 1.32. The summed E-state index contributed by atoms with van der Waals surface area (Å²) < 4.78 is 0. The van der Waals surface area contributed by atoms with Crippen LogP contribution in [0.25, 0.3) is 0 Å². The Kier molecular flexibility index (Phi) is 6.60. The number of amides is 3. The monoisotopic (exact) mass is 426 g/mol. The van der Waals surface area contributed by atoms with Crippen LogP contribution in [-0.2, 0) is 9.59 Å². The van der Waals surface area contributed by atoms with Crippen LogP contribution in [-0.4, -0.2) is 84.8 Å². The molecular formula is C24H34N4O3. The molecule has 0 aliphatic carbocycles. The predicted molar refractivity (Wildman–Crippen MR) is 120 cm³/mol. The molecule has 7 heteroatoms. The first kappa shape index (κ1) is 21.8. The van der Waals surface area contributed by atoms with Crippen molar-refractivity contribution < 1.29 is 14.4 Å². The van der Waals surface area contributed by atoms with E-state index in [9.17, 15) is 14.4 Å². The van der Waals surface area contributed by atoms with E-state index in [1.165, 1.54) is 6.42 Å². The molecule has 0 N–H and O–H groups in total. The smallest absolute Gasteiger partial charge is 0.256 e. The van der Waals surface area contributed by atoms with E-state index >= 15 is 0 Å². The second kappa shape index (κ2) is 9.39. The molecule has 2 atom stereocenters. The number of carbonyl (C=O) groups is 3. The molecule has 7 nitrogen and oxygen atoms in total. The van der Waals surface area contributed by atoms with Crippen molar-refractivity contribution in [1.29, 1.82) is 0 Å². The first-order valence-electron chi connectivity index (χ1n) is 11.6. The molecule has 0 spiro atoms. The summed E-state index contributed by atoms with van der Waals surface area (Å²) in [5, 5.41) is 0. The topological polar surface area (TPSA) is 64.2 Å². The van der Waals surface area contributed by atoms with Gasteiger partial charge >= 0.3 is 0 Å². The van der Waals surface area contributed by atoms with E-state index in [4.69, 9.17) is 0 Å². The molecule has 3 heterocycles. The number of piperidine rings is 1. The van der Waals surface area contributed by atoms with Crippen LogP contribution < -0.4 is 4.90 Å². The molecule has 0 aromatic heterocycles. The van der Waals surface area contributed by atoms with Gasteiger partial charge in [0.25, 0.3) is 5.91 Å². The lowest BCUT2D eigenvalue weighted by Crippen LogP contribution is -2.53. The molecule has 3 fully saturated rings. The highest BCUT2D eigenvalue weighted by Gasteiger charge is 2.31. The summed E-state index contributed by atoms with van der Waals surface area (Å²) in [6.45, 7) is 9.83. The van der Waals surface area contributed by atoms with E-state index in [0.717, 1.165) is 25.2 Å². The standard InChI is InChI=1S/C24H34N4O3/c1-18-14-19(2)16-27(15-18)23(30)17-25-10-12-26(13-11-25)24(31)20-6-3-4-7-21(20)28-9-5-8-22(28)29/h3-4,6-7,18-19H,5,8-17H2,1-2H3. The van der Waals surface area contributed by atoms with E-state index in [1.54, 1.807) is 4.90 Å². The Morgan fingerprint density at radius 1 is 0.935 bits per heavy atom. The molecule has 0 radical (unpaired) electrons. The minimum Gasteiger partial charge on any atom is -0.341 e. The highest BCUT2D eigenvalue weighted by Crippen LogP contribution is 2.27. The minimum absolute atomic E-state index is 0.0278. The Hall–Kier alpha value is -2.41. The van der Waals surface area contributed by atoms with E-state index in [0.29, 0.717) is 63.1 Å². The zero-order chi connectivity index (χ0) is 22.0. The van der Waals surface area contributed by atoms with Crippen LogP contribution in [0.5, 0.6) is 0 Å². The third kappa shape index (κ3) is 4.92.